The van der Waals surface area contributed by atoms with E-state index in [1.54, 1.807) is 0 Å². The molecular formula is C9H16F2N2. The number of piperidine rings is 1. The Kier molecular flexibility index (Phi) is 1.90. The summed E-state index contributed by atoms with van der Waals surface area (Å²) in [6.07, 6.45) is 2.83. The summed E-state index contributed by atoms with van der Waals surface area (Å²) in [4.78, 5) is 1.99. The zero-order valence-corrected chi connectivity index (χ0v) is 7.89. The van der Waals surface area contributed by atoms with Gasteiger partial charge in [-0.2, -0.15) is 0 Å². The number of rotatable bonds is 1. The van der Waals surface area contributed by atoms with Gasteiger partial charge in [-0.1, -0.05) is 6.42 Å². The van der Waals surface area contributed by atoms with E-state index in [-0.39, 0.29) is 12.5 Å². The topological polar surface area (TPSA) is 29.3 Å². The molecule has 1 aliphatic heterocycles. The lowest BCUT2D eigenvalue weighted by Gasteiger charge is -2.36. The zero-order chi connectivity index (χ0) is 9.69. The van der Waals surface area contributed by atoms with Crippen LogP contribution in [0, 0.1) is 0 Å². The lowest BCUT2D eigenvalue weighted by atomic mass is 9.94. The standard InChI is InChI=1S/C9H16F2N2/c1-13-5-3-2-4-7(13)8(12)6-9(8,10)11/h7H,2-6,12H2,1H3. The summed E-state index contributed by atoms with van der Waals surface area (Å²) in [7, 11) is 1.90. The average Bonchev–Trinajstić information content (AvgIpc) is 2.53. The van der Waals surface area contributed by atoms with Crippen LogP contribution in [0.5, 0.6) is 0 Å². The van der Waals surface area contributed by atoms with E-state index in [4.69, 9.17) is 5.73 Å². The van der Waals surface area contributed by atoms with Gasteiger partial charge in [0.25, 0.3) is 5.92 Å². The van der Waals surface area contributed by atoms with Gasteiger partial charge in [0, 0.05) is 12.5 Å². The molecule has 76 valence electrons. The molecule has 0 bridgehead atoms. The molecule has 1 aliphatic carbocycles. The zero-order valence-electron chi connectivity index (χ0n) is 7.89. The molecule has 2 aliphatic rings. The highest BCUT2D eigenvalue weighted by atomic mass is 19.3. The van der Waals surface area contributed by atoms with Gasteiger partial charge in [-0.05, 0) is 26.4 Å². The number of alkyl halides is 2. The number of likely N-dealkylation sites (tertiary alicyclic amines) is 1. The van der Waals surface area contributed by atoms with Gasteiger partial charge in [0.15, 0.2) is 0 Å². The van der Waals surface area contributed by atoms with Crippen molar-refractivity contribution in [3.8, 4) is 0 Å². The summed E-state index contributed by atoms with van der Waals surface area (Å²) >= 11 is 0. The van der Waals surface area contributed by atoms with Crippen LogP contribution in [-0.2, 0) is 0 Å². The summed E-state index contributed by atoms with van der Waals surface area (Å²) in [5, 5.41) is 0. The van der Waals surface area contributed by atoms with Crippen molar-refractivity contribution < 1.29 is 8.78 Å². The number of halogens is 2. The third-order valence-electron chi connectivity index (χ3n) is 3.44. The first-order chi connectivity index (χ1) is 5.97. The Morgan fingerprint density at radius 3 is 2.46 bits per heavy atom. The van der Waals surface area contributed by atoms with Crippen molar-refractivity contribution in [2.45, 2.75) is 43.2 Å². The highest BCUT2D eigenvalue weighted by Crippen LogP contribution is 2.55. The van der Waals surface area contributed by atoms with Crippen LogP contribution < -0.4 is 5.73 Å². The Balaban J connectivity index is 2.08. The third-order valence-corrected chi connectivity index (χ3v) is 3.44. The molecule has 0 amide bonds. The van der Waals surface area contributed by atoms with Crippen molar-refractivity contribution in [1.29, 1.82) is 0 Å². The van der Waals surface area contributed by atoms with E-state index in [0.717, 1.165) is 25.8 Å². The number of hydrogen-bond acceptors (Lipinski definition) is 2. The lowest BCUT2D eigenvalue weighted by Crippen LogP contribution is -2.53. The third kappa shape index (κ3) is 1.27. The largest absolute Gasteiger partial charge is 0.319 e. The molecule has 2 atom stereocenters. The van der Waals surface area contributed by atoms with Crippen LogP contribution in [0.1, 0.15) is 25.7 Å². The van der Waals surface area contributed by atoms with E-state index in [1.807, 2.05) is 11.9 Å². The molecule has 2 N–H and O–H groups in total. The van der Waals surface area contributed by atoms with Gasteiger partial charge in [0.05, 0.1) is 0 Å². The Morgan fingerprint density at radius 1 is 1.38 bits per heavy atom. The molecule has 0 aromatic heterocycles. The number of nitrogens with zero attached hydrogens (tertiary/aromatic N) is 1. The van der Waals surface area contributed by atoms with Crippen LogP contribution in [0.25, 0.3) is 0 Å². The molecule has 2 unspecified atom stereocenters. The van der Waals surface area contributed by atoms with E-state index < -0.39 is 11.5 Å². The first kappa shape index (κ1) is 9.34. The molecule has 1 saturated heterocycles. The van der Waals surface area contributed by atoms with Crippen molar-refractivity contribution in [3.05, 3.63) is 0 Å². The van der Waals surface area contributed by atoms with Crippen LogP contribution in [0.2, 0.25) is 0 Å². The summed E-state index contributed by atoms with van der Waals surface area (Å²) in [5.41, 5.74) is 4.48. The van der Waals surface area contributed by atoms with E-state index in [1.165, 1.54) is 0 Å². The average molecular weight is 190 g/mol. The van der Waals surface area contributed by atoms with E-state index in [2.05, 4.69) is 0 Å². The first-order valence-corrected chi connectivity index (χ1v) is 4.84. The maximum Gasteiger partial charge on any atom is 0.269 e. The molecule has 0 spiro atoms. The normalized spacial score (nSPS) is 44.8. The quantitative estimate of drug-likeness (QED) is 0.673. The molecule has 13 heavy (non-hydrogen) atoms. The fraction of sp³-hybridized carbons (Fsp3) is 1.00. The summed E-state index contributed by atoms with van der Waals surface area (Å²) < 4.78 is 26.0. The van der Waals surface area contributed by atoms with Crippen LogP contribution in [0.3, 0.4) is 0 Å². The van der Waals surface area contributed by atoms with Gasteiger partial charge < -0.3 is 10.6 Å². The van der Waals surface area contributed by atoms with Crippen LogP contribution in [0.15, 0.2) is 0 Å². The van der Waals surface area contributed by atoms with Gasteiger partial charge in [-0.3, -0.25) is 0 Å². The molecule has 1 heterocycles. The number of nitrogens with two attached hydrogens (primary N) is 1. The summed E-state index contributed by atoms with van der Waals surface area (Å²) in [5.74, 6) is -2.62. The van der Waals surface area contributed by atoms with Crippen LogP contribution in [-0.4, -0.2) is 36.0 Å². The van der Waals surface area contributed by atoms with Gasteiger partial charge in [0.1, 0.15) is 5.54 Å². The second-order valence-electron chi connectivity index (χ2n) is 4.41. The Labute approximate surface area is 77.1 Å². The monoisotopic (exact) mass is 190 g/mol. The van der Waals surface area contributed by atoms with Crippen LogP contribution >= 0.6 is 0 Å². The highest BCUT2D eigenvalue weighted by molar-refractivity contribution is 5.22. The van der Waals surface area contributed by atoms with Crippen molar-refractivity contribution in [2.75, 3.05) is 13.6 Å². The van der Waals surface area contributed by atoms with Crippen molar-refractivity contribution in [1.82, 2.24) is 4.90 Å². The number of likely N-dealkylation sites (N-methyl/N-ethyl adjacent to an activating group) is 1. The lowest BCUT2D eigenvalue weighted by molar-refractivity contribution is 0.0451. The highest BCUT2D eigenvalue weighted by Gasteiger charge is 2.72. The SMILES string of the molecule is CN1CCCCC1C1(N)CC1(F)F. The predicted octanol–water partition coefficient (Wildman–Crippen LogP) is 1.21. The van der Waals surface area contributed by atoms with E-state index in [9.17, 15) is 8.78 Å². The minimum atomic E-state index is -2.62. The van der Waals surface area contributed by atoms with Gasteiger partial charge in [-0.15, -0.1) is 0 Å². The second kappa shape index (κ2) is 2.64. The minimum absolute atomic E-state index is 0.115. The molecule has 2 rings (SSSR count). The van der Waals surface area contributed by atoms with Crippen molar-refractivity contribution in [3.63, 3.8) is 0 Å². The summed E-state index contributed by atoms with van der Waals surface area (Å²) in [6.45, 7) is 0.902. The maximum absolute atomic E-state index is 13.0. The smallest absolute Gasteiger partial charge is 0.269 e. The fourth-order valence-corrected chi connectivity index (χ4v) is 2.41. The van der Waals surface area contributed by atoms with Crippen LogP contribution in [0.4, 0.5) is 8.78 Å². The first-order valence-electron chi connectivity index (χ1n) is 4.84. The second-order valence-corrected chi connectivity index (χ2v) is 4.41. The Morgan fingerprint density at radius 2 is 2.00 bits per heavy atom. The molecule has 2 fully saturated rings. The minimum Gasteiger partial charge on any atom is -0.319 e. The maximum atomic E-state index is 13.0. The van der Waals surface area contributed by atoms with Gasteiger partial charge in [0.2, 0.25) is 0 Å². The molecule has 4 heteroatoms. The van der Waals surface area contributed by atoms with Crippen molar-refractivity contribution in [2.24, 2.45) is 5.73 Å². The molecule has 0 aromatic carbocycles. The molecule has 0 aromatic rings. The van der Waals surface area contributed by atoms with E-state index in [0.29, 0.717) is 0 Å². The molecular weight excluding hydrogens is 174 g/mol. The molecule has 0 radical (unpaired) electrons. The predicted molar refractivity (Wildman–Crippen MR) is 46.8 cm³/mol. The Hall–Kier alpha value is -0.220. The van der Waals surface area contributed by atoms with Gasteiger partial charge in [-0.25, -0.2) is 8.78 Å². The Bertz CT molecular complexity index is 220. The molecule has 2 nitrogen and oxygen atoms in total. The number of hydrogen-bond donors (Lipinski definition) is 1. The van der Waals surface area contributed by atoms with E-state index >= 15 is 0 Å². The molecule has 1 saturated carbocycles. The van der Waals surface area contributed by atoms with Gasteiger partial charge >= 0.3 is 0 Å². The van der Waals surface area contributed by atoms with Crippen molar-refractivity contribution >= 4 is 0 Å². The fourth-order valence-electron chi connectivity index (χ4n) is 2.41. The summed E-state index contributed by atoms with van der Waals surface area (Å²) in [6, 6.07) is -0.115.